The third-order valence-corrected chi connectivity index (χ3v) is 3.07. The van der Waals surface area contributed by atoms with Crippen molar-refractivity contribution in [2.45, 2.75) is 32.4 Å². The Morgan fingerprint density at radius 3 is 2.79 bits per heavy atom. The molecule has 1 rings (SSSR count). The summed E-state index contributed by atoms with van der Waals surface area (Å²) in [4.78, 5) is 13.5. The molecule has 82 valence electrons. The number of hydrogen-bond acceptors (Lipinski definition) is 3. The first-order valence-electron chi connectivity index (χ1n) is 5.18. The highest BCUT2D eigenvalue weighted by Crippen LogP contribution is 2.16. The van der Waals surface area contributed by atoms with Gasteiger partial charge in [0, 0.05) is 7.05 Å². The molecule has 1 amide bonds. The number of hydrogen-bond donors (Lipinski definition) is 2. The van der Waals surface area contributed by atoms with E-state index in [0.717, 1.165) is 13.0 Å². The van der Waals surface area contributed by atoms with Gasteiger partial charge in [-0.3, -0.25) is 4.79 Å². The predicted octanol–water partition coefficient (Wildman–Crippen LogP) is -0.176. The highest BCUT2D eigenvalue weighted by atomic mass is 16.3. The largest absolute Gasteiger partial charge is 0.394 e. The van der Waals surface area contributed by atoms with Crippen LogP contribution in [-0.4, -0.2) is 48.2 Å². The number of nitrogens with zero attached hydrogens (tertiary/aromatic N) is 1. The molecule has 1 heterocycles. The smallest absolute Gasteiger partial charge is 0.240 e. The van der Waals surface area contributed by atoms with Crippen LogP contribution in [0.3, 0.4) is 0 Å². The Kier molecular flexibility index (Phi) is 3.89. The van der Waals surface area contributed by atoms with Crippen molar-refractivity contribution in [3.05, 3.63) is 0 Å². The van der Waals surface area contributed by atoms with Crippen LogP contribution in [0, 0.1) is 5.92 Å². The van der Waals surface area contributed by atoms with Gasteiger partial charge < -0.3 is 15.3 Å². The molecule has 3 atom stereocenters. The van der Waals surface area contributed by atoms with Crippen LogP contribution < -0.4 is 5.32 Å². The number of aliphatic hydroxyl groups excluding tert-OH is 1. The second kappa shape index (κ2) is 4.75. The van der Waals surface area contributed by atoms with Crippen molar-refractivity contribution in [1.82, 2.24) is 10.2 Å². The van der Waals surface area contributed by atoms with Gasteiger partial charge in [0.1, 0.15) is 0 Å². The lowest BCUT2D eigenvalue weighted by Crippen LogP contribution is -2.48. The third kappa shape index (κ3) is 2.25. The highest BCUT2D eigenvalue weighted by molar-refractivity contribution is 5.82. The summed E-state index contributed by atoms with van der Waals surface area (Å²) >= 11 is 0. The number of carbonyl (C=O) groups is 1. The number of aliphatic hydroxyl groups is 1. The van der Waals surface area contributed by atoms with Gasteiger partial charge in [0.2, 0.25) is 5.91 Å². The molecule has 1 aliphatic heterocycles. The molecule has 0 bridgehead atoms. The van der Waals surface area contributed by atoms with Gasteiger partial charge in [-0.2, -0.15) is 0 Å². The minimum Gasteiger partial charge on any atom is -0.394 e. The number of carbonyl (C=O) groups excluding carboxylic acids is 1. The van der Waals surface area contributed by atoms with Crippen LogP contribution in [0.2, 0.25) is 0 Å². The lowest BCUT2D eigenvalue weighted by atomic mass is 10.0. The van der Waals surface area contributed by atoms with Gasteiger partial charge >= 0.3 is 0 Å². The van der Waals surface area contributed by atoms with E-state index in [1.807, 2.05) is 6.92 Å². The predicted molar refractivity (Wildman–Crippen MR) is 54.9 cm³/mol. The topological polar surface area (TPSA) is 52.6 Å². The van der Waals surface area contributed by atoms with E-state index in [1.165, 1.54) is 0 Å². The summed E-state index contributed by atoms with van der Waals surface area (Å²) in [7, 11) is 1.75. The van der Waals surface area contributed by atoms with Crippen molar-refractivity contribution >= 4 is 5.91 Å². The second-order valence-electron chi connectivity index (χ2n) is 4.18. The third-order valence-electron chi connectivity index (χ3n) is 3.07. The van der Waals surface area contributed by atoms with Gasteiger partial charge in [-0.15, -0.1) is 0 Å². The Balaban J connectivity index is 2.55. The number of likely N-dealkylation sites (N-methyl/N-ethyl adjacent to an activating group) is 1. The number of rotatable bonds is 3. The Morgan fingerprint density at radius 1 is 1.71 bits per heavy atom. The molecule has 4 heteroatoms. The molecule has 0 aromatic carbocycles. The summed E-state index contributed by atoms with van der Waals surface area (Å²) in [5.74, 6) is 0.493. The van der Waals surface area contributed by atoms with E-state index in [4.69, 9.17) is 5.11 Å². The average molecular weight is 200 g/mol. The van der Waals surface area contributed by atoms with Crippen molar-refractivity contribution in [2.24, 2.45) is 5.92 Å². The molecule has 0 aromatic heterocycles. The van der Waals surface area contributed by atoms with E-state index < -0.39 is 0 Å². The molecular formula is C10H20N2O2. The minimum absolute atomic E-state index is 0.0172. The van der Waals surface area contributed by atoms with Gasteiger partial charge in [-0.05, 0) is 25.8 Å². The van der Waals surface area contributed by atoms with Crippen LogP contribution in [0.15, 0.2) is 0 Å². The fourth-order valence-corrected chi connectivity index (χ4v) is 1.72. The van der Waals surface area contributed by atoms with Crippen molar-refractivity contribution < 1.29 is 9.90 Å². The van der Waals surface area contributed by atoms with Gasteiger partial charge in [0.25, 0.3) is 0 Å². The summed E-state index contributed by atoms with van der Waals surface area (Å²) < 4.78 is 0. The molecule has 1 saturated heterocycles. The van der Waals surface area contributed by atoms with Crippen LogP contribution in [0.4, 0.5) is 0 Å². The molecule has 0 aliphatic carbocycles. The molecule has 0 radical (unpaired) electrons. The first kappa shape index (κ1) is 11.5. The first-order valence-corrected chi connectivity index (χ1v) is 5.18. The second-order valence-corrected chi connectivity index (χ2v) is 4.18. The van der Waals surface area contributed by atoms with Gasteiger partial charge in [0.15, 0.2) is 0 Å². The maximum absolute atomic E-state index is 11.9. The standard InChI is InChI=1S/C10H20N2O2/c1-7-4-5-11-9(7)10(14)12(3)8(2)6-13/h7-9,11,13H,4-6H2,1-3H3. The molecule has 1 aliphatic rings. The summed E-state index contributed by atoms with van der Waals surface area (Å²) in [5, 5.41) is 12.1. The van der Waals surface area contributed by atoms with Crippen molar-refractivity contribution in [1.29, 1.82) is 0 Å². The Morgan fingerprint density at radius 2 is 2.36 bits per heavy atom. The van der Waals surface area contributed by atoms with E-state index in [0.29, 0.717) is 5.92 Å². The fraction of sp³-hybridized carbons (Fsp3) is 0.900. The molecule has 0 aromatic rings. The average Bonchev–Trinajstić information content (AvgIpc) is 2.61. The van der Waals surface area contributed by atoms with E-state index in [2.05, 4.69) is 12.2 Å². The Labute approximate surface area is 85.3 Å². The molecule has 3 unspecified atom stereocenters. The molecule has 14 heavy (non-hydrogen) atoms. The van der Waals surface area contributed by atoms with Crippen LogP contribution in [-0.2, 0) is 4.79 Å². The number of nitrogens with one attached hydrogen (secondary N) is 1. The molecule has 4 nitrogen and oxygen atoms in total. The molecule has 0 spiro atoms. The van der Waals surface area contributed by atoms with Gasteiger partial charge in [-0.25, -0.2) is 0 Å². The molecule has 1 fully saturated rings. The Bertz CT molecular complexity index is 208. The summed E-state index contributed by atoms with van der Waals surface area (Å²) in [6.07, 6.45) is 1.05. The maximum Gasteiger partial charge on any atom is 0.240 e. The number of amides is 1. The SMILES string of the molecule is CC1CCNC1C(=O)N(C)C(C)CO. The lowest BCUT2D eigenvalue weighted by molar-refractivity contribution is -0.135. The first-order chi connectivity index (χ1) is 6.57. The lowest BCUT2D eigenvalue weighted by Gasteiger charge is -2.27. The molecule has 0 saturated carbocycles. The van der Waals surface area contributed by atoms with Crippen LogP contribution >= 0.6 is 0 Å². The van der Waals surface area contributed by atoms with Crippen LogP contribution in [0.5, 0.6) is 0 Å². The van der Waals surface area contributed by atoms with Gasteiger partial charge in [-0.1, -0.05) is 6.92 Å². The van der Waals surface area contributed by atoms with E-state index in [9.17, 15) is 4.79 Å². The normalized spacial score (nSPS) is 28.9. The minimum atomic E-state index is -0.0999. The maximum atomic E-state index is 11.9. The summed E-state index contributed by atoms with van der Waals surface area (Å²) in [6.45, 7) is 4.86. The van der Waals surface area contributed by atoms with E-state index in [1.54, 1.807) is 11.9 Å². The van der Waals surface area contributed by atoms with Gasteiger partial charge in [0.05, 0.1) is 18.7 Å². The summed E-state index contributed by atoms with van der Waals surface area (Å²) in [5.41, 5.74) is 0. The highest BCUT2D eigenvalue weighted by Gasteiger charge is 2.32. The van der Waals surface area contributed by atoms with E-state index in [-0.39, 0.29) is 24.6 Å². The molecular weight excluding hydrogens is 180 g/mol. The summed E-state index contributed by atoms with van der Waals surface area (Å²) in [6, 6.07) is -0.161. The van der Waals surface area contributed by atoms with E-state index >= 15 is 0 Å². The van der Waals surface area contributed by atoms with Crippen molar-refractivity contribution in [3.63, 3.8) is 0 Å². The fourth-order valence-electron chi connectivity index (χ4n) is 1.72. The zero-order chi connectivity index (χ0) is 10.7. The van der Waals surface area contributed by atoms with Crippen LogP contribution in [0.1, 0.15) is 20.3 Å². The molecule has 2 N–H and O–H groups in total. The van der Waals surface area contributed by atoms with Crippen molar-refractivity contribution in [2.75, 3.05) is 20.2 Å². The monoisotopic (exact) mass is 200 g/mol. The zero-order valence-corrected chi connectivity index (χ0v) is 9.16. The van der Waals surface area contributed by atoms with Crippen molar-refractivity contribution in [3.8, 4) is 0 Å². The van der Waals surface area contributed by atoms with Crippen LogP contribution in [0.25, 0.3) is 0 Å². The Hall–Kier alpha value is -0.610. The zero-order valence-electron chi connectivity index (χ0n) is 9.16. The quantitative estimate of drug-likeness (QED) is 0.664.